The van der Waals surface area contributed by atoms with Crippen molar-refractivity contribution >= 4 is 27.8 Å². The summed E-state index contributed by atoms with van der Waals surface area (Å²) in [5.74, 6) is 3.33. The van der Waals surface area contributed by atoms with Crippen LogP contribution in [-0.2, 0) is 13.6 Å². The first-order chi connectivity index (χ1) is 19.5. The molecule has 2 bridgehead atoms. The number of benzene rings is 2. The van der Waals surface area contributed by atoms with Gasteiger partial charge in [-0.25, -0.2) is 4.98 Å². The smallest absolute Gasteiger partial charge is 0.254 e. The van der Waals surface area contributed by atoms with E-state index in [9.17, 15) is 4.79 Å². The van der Waals surface area contributed by atoms with Crippen LogP contribution < -0.4 is 15.8 Å². The summed E-state index contributed by atoms with van der Waals surface area (Å²) < 4.78 is 10.5. The van der Waals surface area contributed by atoms with Crippen molar-refractivity contribution in [3.63, 3.8) is 0 Å². The van der Waals surface area contributed by atoms with E-state index in [1.165, 1.54) is 35.7 Å². The SMILES string of the molecule is COc1cc(C(=O)N2C[C@H]3CC[C@@H]2[C@@H]3N)cc2nc(-c3cc4ccc(C5CCNC5)cc4n3CC3CC3)n(C)c12. The minimum Gasteiger partial charge on any atom is -0.494 e. The van der Waals surface area contributed by atoms with Gasteiger partial charge in [-0.3, -0.25) is 4.79 Å². The first-order valence-electron chi connectivity index (χ1n) is 15.0. The predicted octanol–water partition coefficient (Wildman–Crippen LogP) is 4.25. The number of ether oxygens (including phenoxy) is 1. The summed E-state index contributed by atoms with van der Waals surface area (Å²) >= 11 is 0. The Morgan fingerprint density at radius 1 is 1.12 bits per heavy atom. The second kappa shape index (κ2) is 9.08. The van der Waals surface area contributed by atoms with Gasteiger partial charge in [0.05, 0.1) is 18.3 Å². The van der Waals surface area contributed by atoms with E-state index in [1.54, 1.807) is 7.11 Å². The number of piperidine rings is 1. The largest absolute Gasteiger partial charge is 0.494 e. The van der Waals surface area contributed by atoms with E-state index < -0.39 is 0 Å². The van der Waals surface area contributed by atoms with E-state index in [2.05, 4.69) is 45.8 Å². The second-order valence-corrected chi connectivity index (χ2v) is 12.6. The molecule has 1 amide bonds. The van der Waals surface area contributed by atoms with Crippen LogP contribution in [0.1, 0.15) is 53.9 Å². The van der Waals surface area contributed by atoms with Gasteiger partial charge >= 0.3 is 0 Å². The summed E-state index contributed by atoms with van der Waals surface area (Å²) in [4.78, 5) is 20.8. The molecule has 4 aromatic rings. The molecule has 2 aromatic carbocycles. The zero-order valence-corrected chi connectivity index (χ0v) is 23.4. The Bertz CT molecular complexity index is 1640. The zero-order valence-electron chi connectivity index (χ0n) is 23.4. The maximum atomic E-state index is 13.7. The van der Waals surface area contributed by atoms with Crippen molar-refractivity contribution in [2.75, 3.05) is 26.7 Å². The number of nitrogens with two attached hydrogens (primary N) is 1. The van der Waals surface area contributed by atoms with Gasteiger partial charge in [-0.15, -0.1) is 0 Å². The van der Waals surface area contributed by atoms with Gasteiger partial charge in [0.15, 0.2) is 5.82 Å². The number of rotatable bonds is 6. The molecule has 8 nitrogen and oxygen atoms in total. The Balaban J connectivity index is 1.23. The first kappa shape index (κ1) is 24.4. The number of amides is 1. The van der Waals surface area contributed by atoms with E-state index in [0.29, 0.717) is 23.1 Å². The van der Waals surface area contributed by atoms with Crippen molar-refractivity contribution in [2.45, 2.75) is 56.7 Å². The number of fused-ring (bicyclic) bond motifs is 4. The van der Waals surface area contributed by atoms with Crippen LogP contribution in [0.15, 0.2) is 36.4 Å². The van der Waals surface area contributed by atoms with E-state index in [1.807, 2.05) is 17.0 Å². The van der Waals surface area contributed by atoms with E-state index in [0.717, 1.165) is 67.5 Å². The molecule has 4 heterocycles. The van der Waals surface area contributed by atoms with Crippen LogP contribution in [0, 0.1) is 11.8 Å². The maximum Gasteiger partial charge on any atom is 0.254 e. The molecule has 0 spiro atoms. The van der Waals surface area contributed by atoms with E-state index >= 15 is 0 Å². The first-order valence-corrected chi connectivity index (χ1v) is 15.0. The number of likely N-dealkylation sites (tertiary alicyclic amines) is 1. The highest BCUT2D eigenvalue weighted by molar-refractivity contribution is 6.00. The Kier molecular flexibility index (Phi) is 5.55. The molecule has 8 heteroatoms. The topological polar surface area (TPSA) is 90.3 Å². The third-order valence-corrected chi connectivity index (χ3v) is 10.1. The van der Waals surface area contributed by atoms with Crippen LogP contribution in [0.25, 0.3) is 33.5 Å². The molecule has 3 N–H and O–H groups in total. The fourth-order valence-electron chi connectivity index (χ4n) is 7.67. The number of aromatic nitrogens is 3. The highest BCUT2D eigenvalue weighted by atomic mass is 16.5. The fraction of sp³-hybridized carbons (Fsp3) is 0.500. The number of hydrogen-bond donors (Lipinski definition) is 2. The molecule has 2 saturated carbocycles. The van der Waals surface area contributed by atoms with E-state index in [4.69, 9.17) is 15.5 Å². The monoisotopic (exact) mass is 538 g/mol. The van der Waals surface area contributed by atoms with Crippen molar-refractivity contribution in [3.05, 3.63) is 47.5 Å². The van der Waals surface area contributed by atoms with Crippen LogP contribution in [0.4, 0.5) is 0 Å². The second-order valence-electron chi connectivity index (χ2n) is 12.6. The van der Waals surface area contributed by atoms with Crippen LogP contribution >= 0.6 is 0 Å². The van der Waals surface area contributed by atoms with Crippen LogP contribution in [0.2, 0.25) is 0 Å². The highest BCUT2D eigenvalue weighted by Gasteiger charge is 2.47. The van der Waals surface area contributed by atoms with Gasteiger partial charge in [0.2, 0.25) is 0 Å². The third kappa shape index (κ3) is 3.72. The third-order valence-electron chi connectivity index (χ3n) is 10.1. The highest BCUT2D eigenvalue weighted by Crippen LogP contribution is 2.40. The average molecular weight is 539 g/mol. The van der Waals surface area contributed by atoms with Gasteiger partial charge in [0.25, 0.3) is 5.91 Å². The number of imidazole rings is 1. The summed E-state index contributed by atoms with van der Waals surface area (Å²) in [7, 11) is 3.73. The molecule has 0 radical (unpaired) electrons. The summed E-state index contributed by atoms with van der Waals surface area (Å²) in [6.07, 6.45) is 5.88. The Morgan fingerprint density at radius 3 is 2.70 bits per heavy atom. The maximum absolute atomic E-state index is 13.7. The molecular formula is C32H38N6O2. The molecular weight excluding hydrogens is 500 g/mol. The molecule has 40 heavy (non-hydrogen) atoms. The molecule has 4 aliphatic rings. The Labute approximate surface area is 234 Å². The lowest BCUT2D eigenvalue weighted by atomic mass is 9.97. The van der Waals surface area contributed by atoms with Crippen molar-refractivity contribution < 1.29 is 9.53 Å². The minimum atomic E-state index is 0.0341. The van der Waals surface area contributed by atoms with Crippen molar-refractivity contribution in [2.24, 2.45) is 24.6 Å². The van der Waals surface area contributed by atoms with Crippen molar-refractivity contribution in [1.82, 2.24) is 24.3 Å². The van der Waals surface area contributed by atoms with Gasteiger partial charge in [-0.05, 0) is 86.2 Å². The normalized spacial score (nSPS) is 26.0. The number of carbonyl (C=O) groups excluding carboxylic acids is 1. The van der Waals surface area contributed by atoms with Gasteiger partial charge < -0.3 is 29.8 Å². The Morgan fingerprint density at radius 2 is 2.00 bits per heavy atom. The molecule has 4 atom stereocenters. The van der Waals surface area contributed by atoms with Crippen LogP contribution in [0.3, 0.4) is 0 Å². The van der Waals surface area contributed by atoms with Crippen molar-refractivity contribution in [3.8, 4) is 17.3 Å². The van der Waals surface area contributed by atoms with Gasteiger partial charge in [-0.2, -0.15) is 0 Å². The van der Waals surface area contributed by atoms with Gasteiger partial charge in [0, 0.05) is 55.2 Å². The van der Waals surface area contributed by atoms with Gasteiger partial charge in [-0.1, -0.05) is 12.1 Å². The summed E-state index contributed by atoms with van der Waals surface area (Å²) in [5.41, 5.74) is 12.6. The molecule has 2 saturated heterocycles. The molecule has 2 aromatic heterocycles. The lowest BCUT2D eigenvalue weighted by molar-refractivity contribution is 0.0700. The van der Waals surface area contributed by atoms with E-state index in [-0.39, 0.29) is 18.0 Å². The van der Waals surface area contributed by atoms with Gasteiger partial charge in [0.1, 0.15) is 11.3 Å². The minimum absolute atomic E-state index is 0.0341. The molecule has 2 aliphatic carbocycles. The quantitative estimate of drug-likeness (QED) is 0.383. The number of aryl methyl sites for hydroxylation is 1. The predicted molar refractivity (Wildman–Crippen MR) is 157 cm³/mol. The Hall–Kier alpha value is -3.36. The summed E-state index contributed by atoms with van der Waals surface area (Å²) in [6.45, 7) is 3.90. The number of methoxy groups -OCH3 is 1. The molecule has 1 unspecified atom stereocenters. The standard InChI is InChI=1S/C32H38N6O2/c1-36-30-24(11-23(14-28(30)40-2)32(39)38-17-22-7-8-25(38)29(22)33)35-31(36)27-13-20-6-5-19(21-9-10-34-15-21)12-26(20)37(27)16-18-3-4-18/h5-6,11-14,18,21-22,25,29,34H,3-4,7-10,15-17,33H2,1-2H3/t21?,22-,25-,29-/m1/s1. The lowest BCUT2D eigenvalue weighted by Crippen LogP contribution is -2.41. The number of nitrogens with zero attached hydrogens (tertiary/aromatic N) is 4. The zero-order chi connectivity index (χ0) is 27.1. The molecule has 2 aliphatic heterocycles. The van der Waals surface area contributed by atoms with Crippen molar-refractivity contribution in [1.29, 1.82) is 0 Å². The van der Waals surface area contributed by atoms with Crippen LogP contribution in [0.5, 0.6) is 5.75 Å². The average Bonchev–Trinajstić information content (AvgIpc) is 3.34. The fourth-order valence-corrected chi connectivity index (χ4v) is 7.67. The molecule has 8 rings (SSSR count). The van der Waals surface area contributed by atoms with Crippen LogP contribution in [-0.4, -0.2) is 63.8 Å². The molecule has 4 fully saturated rings. The summed E-state index contributed by atoms with van der Waals surface area (Å²) in [6, 6.07) is 13.3. The number of nitrogens with one attached hydrogen (secondary N) is 1. The summed E-state index contributed by atoms with van der Waals surface area (Å²) in [5, 5.41) is 4.77. The number of hydrogen-bond acceptors (Lipinski definition) is 5. The molecule has 208 valence electrons. The lowest BCUT2D eigenvalue weighted by Gasteiger charge is -2.27. The number of carbonyl (C=O) groups is 1.